The van der Waals surface area contributed by atoms with Crippen molar-refractivity contribution in [3.8, 4) is 28.3 Å². The minimum Gasteiger partial charge on any atom is -0.361 e. The van der Waals surface area contributed by atoms with Crippen molar-refractivity contribution in [3.63, 3.8) is 0 Å². The number of benzene rings is 2. The first-order chi connectivity index (χ1) is 14.3. The number of H-pyrrole nitrogens is 1. The smallest absolute Gasteiger partial charge is 0.103 e. The van der Waals surface area contributed by atoms with Crippen molar-refractivity contribution < 1.29 is 0 Å². The second kappa shape index (κ2) is 7.27. The number of anilines is 2. The van der Waals surface area contributed by atoms with Gasteiger partial charge >= 0.3 is 0 Å². The molecule has 0 fully saturated rings. The molecular weight excluding hydrogens is 376 g/mol. The third kappa shape index (κ3) is 3.27. The van der Waals surface area contributed by atoms with Crippen molar-refractivity contribution in [2.45, 2.75) is 0 Å². The summed E-state index contributed by atoms with van der Waals surface area (Å²) in [7, 11) is 0. The molecule has 5 rings (SSSR count). The number of fused-ring (bicyclic) bond motifs is 1. The standard InChI is InChI=1S/C24H16N4S/c25-12-20-13-26-14-22(17-3-1-2-16(10-17)19-7-9-29-15-19)24(20)28-21-4-5-23-18(11-21)6-8-27-23/h1-11,13-15,27H,(H,26,28). The SMILES string of the molecule is N#Cc1cncc(-c2cccc(-c3ccsc3)c2)c1Nc1ccc2[nH]ccc2c1. The normalized spacial score (nSPS) is 10.7. The predicted molar refractivity (Wildman–Crippen MR) is 119 cm³/mol. The first kappa shape index (κ1) is 17.2. The summed E-state index contributed by atoms with van der Waals surface area (Å²) in [6.45, 7) is 0. The predicted octanol–water partition coefficient (Wildman–Crippen LogP) is 6.57. The highest BCUT2D eigenvalue weighted by atomic mass is 32.1. The van der Waals surface area contributed by atoms with E-state index in [0.717, 1.165) is 39.0 Å². The molecule has 0 unspecified atom stereocenters. The summed E-state index contributed by atoms with van der Waals surface area (Å²) in [4.78, 5) is 7.50. The Morgan fingerprint density at radius 1 is 0.966 bits per heavy atom. The lowest BCUT2D eigenvalue weighted by atomic mass is 9.99. The fourth-order valence-corrected chi connectivity index (χ4v) is 4.13. The molecule has 0 atom stereocenters. The Labute approximate surface area is 172 Å². The topological polar surface area (TPSA) is 64.5 Å². The molecule has 29 heavy (non-hydrogen) atoms. The number of rotatable bonds is 4. The van der Waals surface area contributed by atoms with Crippen LogP contribution in [0.1, 0.15) is 5.56 Å². The van der Waals surface area contributed by atoms with Crippen LogP contribution in [-0.2, 0) is 0 Å². The Bertz CT molecular complexity index is 1340. The molecule has 0 spiro atoms. The van der Waals surface area contributed by atoms with Crippen LogP contribution in [0.25, 0.3) is 33.2 Å². The number of nitrogens with one attached hydrogen (secondary N) is 2. The van der Waals surface area contributed by atoms with Gasteiger partial charge in [0.15, 0.2) is 0 Å². The Kier molecular flexibility index (Phi) is 4.32. The number of hydrogen-bond acceptors (Lipinski definition) is 4. The van der Waals surface area contributed by atoms with E-state index < -0.39 is 0 Å². The molecule has 2 aromatic carbocycles. The van der Waals surface area contributed by atoms with E-state index in [1.807, 2.05) is 36.7 Å². The Hall–Kier alpha value is -3.88. The van der Waals surface area contributed by atoms with Crippen LogP contribution in [0.15, 0.2) is 83.9 Å². The Balaban J connectivity index is 1.61. The van der Waals surface area contributed by atoms with E-state index >= 15 is 0 Å². The Morgan fingerprint density at radius 3 is 2.76 bits per heavy atom. The highest BCUT2D eigenvalue weighted by Crippen LogP contribution is 2.35. The summed E-state index contributed by atoms with van der Waals surface area (Å²) in [6, 6.07) is 20.8. The highest BCUT2D eigenvalue weighted by molar-refractivity contribution is 7.08. The maximum Gasteiger partial charge on any atom is 0.103 e. The zero-order valence-corrected chi connectivity index (χ0v) is 16.2. The molecule has 3 heterocycles. The van der Waals surface area contributed by atoms with Gasteiger partial charge in [-0.25, -0.2) is 0 Å². The molecule has 0 saturated heterocycles. The third-order valence-corrected chi connectivity index (χ3v) is 5.60. The van der Waals surface area contributed by atoms with Crippen LogP contribution in [0.3, 0.4) is 0 Å². The summed E-state index contributed by atoms with van der Waals surface area (Å²) in [5.41, 5.74) is 7.53. The summed E-state index contributed by atoms with van der Waals surface area (Å²) in [6.07, 6.45) is 5.33. The molecule has 0 saturated carbocycles. The van der Waals surface area contributed by atoms with Crippen molar-refractivity contribution >= 4 is 33.6 Å². The second-order valence-corrected chi connectivity index (χ2v) is 7.50. The summed E-state index contributed by atoms with van der Waals surface area (Å²) in [5.74, 6) is 0. The molecule has 5 aromatic rings. The average Bonchev–Trinajstić information content (AvgIpc) is 3.46. The van der Waals surface area contributed by atoms with E-state index in [9.17, 15) is 5.26 Å². The monoisotopic (exact) mass is 392 g/mol. The summed E-state index contributed by atoms with van der Waals surface area (Å²) >= 11 is 1.68. The molecule has 2 N–H and O–H groups in total. The molecule has 0 radical (unpaired) electrons. The number of thiophene rings is 1. The molecule has 0 aliphatic rings. The van der Waals surface area contributed by atoms with Crippen molar-refractivity contribution in [1.82, 2.24) is 9.97 Å². The summed E-state index contributed by atoms with van der Waals surface area (Å²) in [5, 5.41) is 18.5. The van der Waals surface area contributed by atoms with Crippen LogP contribution in [0.5, 0.6) is 0 Å². The van der Waals surface area contributed by atoms with E-state index in [1.165, 1.54) is 5.56 Å². The fraction of sp³-hybridized carbons (Fsp3) is 0. The van der Waals surface area contributed by atoms with E-state index in [4.69, 9.17) is 0 Å². The fourth-order valence-electron chi connectivity index (χ4n) is 3.47. The third-order valence-electron chi connectivity index (χ3n) is 4.92. The van der Waals surface area contributed by atoms with Gasteiger partial charge in [-0.1, -0.05) is 18.2 Å². The lowest BCUT2D eigenvalue weighted by Gasteiger charge is -2.14. The van der Waals surface area contributed by atoms with E-state index in [2.05, 4.69) is 62.4 Å². The zero-order valence-electron chi connectivity index (χ0n) is 15.4. The van der Waals surface area contributed by atoms with Crippen molar-refractivity contribution in [2.75, 3.05) is 5.32 Å². The number of aromatic amines is 1. The van der Waals surface area contributed by atoms with Crippen LogP contribution >= 0.6 is 11.3 Å². The second-order valence-electron chi connectivity index (χ2n) is 6.72. The average molecular weight is 392 g/mol. The van der Waals surface area contributed by atoms with Gasteiger partial charge in [0.25, 0.3) is 0 Å². The molecule has 4 nitrogen and oxygen atoms in total. The van der Waals surface area contributed by atoms with E-state index in [0.29, 0.717) is 5.56 Å². The molecule has 0 aliphatic carbocycles. The van der Waals surface area contributed by atoms with Crippen LogP contribution in [0, 0.1) is 11.3 Å². The minimum absolute atomic E-state index is 0.512. The number of pyridine rings is 1. The lowest BCUT2D eigenvalue weighted by molar-refractivity contribution is 1.30. The van der Waals surface area contributed by atoms with E-state index in [-0.39, 0.29) is 0 Å². The Morgan fingerprint density at radius 2 is 1.90 bits per heavy atom. The molecular formula is C24H16N4S. The maximum absolute atomic E-state index is 9.68. The lowest BCUT2D eigenvalue weighted by Crippen LogP contribution is -1.98. The van der Waals surface area contributed by atoms with Crippen molar-refractivity contribution in [2.24, 2.45) is 0 Å². The van der Waals surface area contributed by atoms with E-state index in [1.54, 1.807) is 17.5 Å². The first-order valence-electron chi connectivity index (χ1n) is 9.17. The summed E-state index contributed by atoms with van der Waals surface area (Å²) < 4.78 is 0. The number of aromatic nitrogens is 2. The zero-order chi connectivity index (χ0) is 19.6. The van der Waals surface area contributed by atoms with Crippen molar-refractivity contribution in [1.29, 1.82) is 5.26 Å². The first-order valence-corrected chi connectivity index (χ1v) is 10.1. The molecule has 5 heteroatoms. The van der Waals surface area contributed by atoms with Gasteiger partial charge in [-0.2, -0.15) is 16.6 Å². The van der Waals surface area contributed by atoms with Gasteiger partial charge in [0.2, 0.25) is 0 Å². The molecule has 0 bridgehead atoms. The van der Waals surface area contributed by atoms with Gasteiger partial charge in [-0.3, -0.25) is 4.98 Å². The molecule has 3 aromatic heterocycles. The van der Waals surface area contributed by atoms with Gasteiger partial charge in [0.1, 0.15) is 6.07 Å². The van der Waals surface area contributed by atoms with Crippen LogP contribution in [0.4, 0.5) is 11.4 Å². The molecule has 0 aliphatic heterocycles. The van der Waals surface area contributed by atoms with Gasteiger partial charge in [0.05, 0.1) is 11.3 Å². The largest absolute Gasteiger partial charge is 0.361 e. The quantitative estimate of drug-likeness (QED) is 0.363. The van der Waals surface area contributed by atoms with Gasteiger partial charge in [0, 0.05) is 40.7 Å². The number of nitriles is 1. The maximum atomic E-state index is 9.68. The number of hydrogen-bond donors (Lipinski definition) is 2. The minimum atomic E-state index is 0.512. The van der Waals surface area contributed by atoms with Crippen LogP contribution < -0.4 is 5.32 Å². The highest BCUT2D eigenvalue weighted by Gasteiger charge is 2.13. The van der Waals surface area contributed by atoms with Crippen LogP contribution in [-0.4, -0.2) is 9.97 Å². The van der Waals surface area contributed by atoms with Gasteiger partial charge in [-0.05, 0) is 63.8 Å². The van der Waals surface area contributed by atoms with Crippen molar-refractivity contribution in [3.05, 3.63) is 89.5 Å². The molecule has 138 valence electrons. The molecule has 0 amide bonds. The van der Waals surface area contributed by atoms with Crippen LogP contribution in [0.2, 0.25) is 0 Å². The number of nitrogens with zero attached hydrogens (tertiary/aromatic N) is 2. The van der Waals surface area contributed by atoms with Gasteiger partial charge in [-0.15, -0.1) is 0 Å². The van der Waals surface area contributed by atoms with Gasteiger partial charge < -0.3 is 10.3 Å².